The lowest BCUT2D eigenvalue weighted by atomic mass is 10.0. The zero-order chi connectivity index (χ0) is 13.0. The van der Waals surface area contributed by atoms with Crippen LogP contribution >= 0.6 is 0 Å². The highest BCUT2D eigenvalue weighted by atomic mass is 16.2. The highest BCUT2D eigenvalue weighted by Crippen LogP contribution is 2.17. The van der Waals surface area contributed by atoms with Crippen molar-refractivity contribution in [1.29, 1.82) is 0 Å². The summed E-state index contributed by atoms with van der Waals surface area (Å²) in [6.07, 6.45) is 1.37. The summed E-state index contributed by atoms with van der Waals surface area (Å²) in [6, 6.07) is 1.58. The molecule has 0 aliphatic carbocycles. The fraction of sp³-hybridized carbons (Fsp3) is 0.917. The number of likely N-dealkylation sites (N-methyl/N-ethyl adjacent to an activating group) is 1. The molecule has 1 heterocycles. The molecule has 0 aromatic carbocycles. The van der Waals surface area contributed by atoms with Gasteiger partial charge in [-0.3, -0.25) is 20.0 Å². The van der Waals surface area contributed by atoms with Crippen molar-refractivity contribution in [2.24, 2.45) is 5.84 Å². The summed E-state index contributed by atoms with van der Waals surface area (Å²) in [4.78, 5) is 16.0. The number of amides is 1. The molecule has 1 fully saturated rings. The lowest BCUT2D eigenvalue weighted by molar-refractivity contribution is -0.121. The molecular weight excluding hydrogens is 216 g/mol. The van der Waals surface area contributed by atoms with Crippen LogP contribution in [0.4, 0.5) is 0 Å². The minimum Gasteiger partial charge on any atom is -0.298 e. The minimum atomic E-state index is -0.0768. The number of carbonyl (C=O) groups excluding carboxylic acids is 1. The third-order valence-electron chi connectivity index (χ3n) is 3.96. The zero-order valence-electron chi connectivity index (χ0n) is 11.4. The Balaban J connectivity index is 2.42. The summed E-state index contributed by atoms with van der Waals surface area (Å²) in [6.45, 7) is 8.84. The number of hydrogen-bond acceptors (Lipinski definition) is 4. The topological polar surface area (TPSA) is 61.6 Å². The number of hydrazine groups is 1. The first-order valence-electron chi connectivity index (χ1n) is 6.41. The molecule has 1 amide bonds. The second-order valence-electron chi connectivity index (χ2n) is 5.27. The summed E-state index contributed by atoms with van der Waals surface area (Å²) in [5, 5.41) is 0. The fourth-order valence-corrected chi connectivity index (χ4v) is 2.40. The summed E-state index contributed by atoms with van der Waals surface area (Å²) in [5.74, 6) is 5.00. The number of nitrogens with two attached hydrogens (primary N) is 1. The normalized spacial score (nSPS) is 29.0. The number of piperazine rings is 1. The third-order valence-corrected chi connectivity index (χ3v) is 3.96. The van der Waals surface area contributed by atoms with Gasteiger partial charge >= 0.3 is 0 Å². The van der Waals surface area contributed by atoms with E-state index in [1.54, 1.807) is 0 Å². The van der Waals surface area contributed by atoms with E-state index in [2.05, 4.69) is 43.0 Å². The van der Waals surface area contributed by atoms with Gasteiger partial charge in [-0.15, -0.1) is 0 Å². The Morgan fingerprint density at radius 1 is 1.41 bits per heavy atom. The van der Waals surface area contributed by atoms with E-state index in [9.17, 15) is 4.79 Å². The monoisotopic (exact) mass is 242 g/mol. The van der Waals surface area contributed by atoms with Gasteiger partial charge in [0.25, 0.3) is 0 Å². The predicted octanol–water partition coefficient (Wildman–Crippen LogP) is 0.169. The van der Waals surface area contributed by atoms with E-state index in [4.69, 9.17) is 5.84 Å². The fourth-order valence-electron chi connectivity index (χ4n) is 2.40. The van der Waals surface area contributed by atoms with Gasteiger partial charge < -0.3 is 0 Å². The van der Waals surface area contributed by atoms with Crippen molar-refractivity contribution in [3.8, 4) is 0 Å². The number of nitrogens with zero attached hydrogens (tertiary/aromatic N) is 2. The van der Waals surface area contributed by atoms with Crippen LogP contribution < -0.4 is 11.3 Å². The van der Waals surface area contributed by atoms with Crippen LogP contribution in [0.1, 0.15) is 33.6 Å². The Kier molecular flexibility index (Phi) is 5.36. The molecule has 100 valence electrons. The van der Waals surface area contributed by atoms with Crippen LogP contribution in [0.25, 0.3) is 0 Å². The van der Waals surface area contributed by atoms with Crippen LogP contribution in [0.15, 0.2) is 0 Å². The number of rotatable bonds is 4. The van der Waals surface area contributed by atoms with Crippen LogP contribution in [-0.4, -0.2) is 54.0 Å². The van der Waals surface area contributed by atoms with E-state index < -0.39 is 0 Å². The maximum atomic E-state index is 11.1. The molecule has 0 saturated carbocycles. The van der Waals surface area contributed by atoms with Crippen LogP contribution in [0.5, 0.6) is 0 Å². The van der Waals surface area contributed by atoms with Crippen molar-refractivity contribution in [3.63, 3.8) is 0 Å². The quantitative estimate of drug-likeness (QED) is 0.419. The second-order valence-corrected chi connectivity index (χ2v) is 5.27. The van der Waals surface area contributed by atoms with Gasteiger partial charge in [-0.05, 0) is 34.2 Å². The summed E-state index contributed by atoms with van der Waals surface area (Å²) in [7, 11) is 2.18. The molecule has 3 N–H and O–H groups in total. The van der Waals surface area contributed by atoms with Crippen LogP contribution in [0.3, 0.4) is 0 Å². The van der Waals surface area contributed by atoms with E-state index in [1.165, 1.54) is 0 Å². The Morgan fingerprint density at radius 2 is 1.94 bits per heavy atom. The van der Waals surface area contributed by atoms with Crippen molar-refractivity contribution in [2.75, 3.05) is 20.1 Å². The molecule has 1 aliphatic heterocycles. The summed E-state index contributed by atoms with van der Waals surface area (Å²) in [5.41, 5.74) is 2.18. The Hall–Kier alpha value is -0.650. The van der Waals surface area contributed by atoms with Crippen LogP contribution in [0, 0.1) is 0 Å². The lowest BCUT2D eigenvalue weighted by Crippen LogP contribution is -2.57. The largest absolute Gasteiger partial charge is 0.298 e. The first-order chi connectivity index (χ1) is 7.95. The first-order valence-corrected chi connectivity index (χ1v) is 6.41. The summed E-state index contributed by atoms with van der Waals surface area (Å²) >= 11 is 0. The van der Waals surface area contributed by atoms with E-state index in [-0.39, 0.29) is 5.91 Å². The molecule has 3 atom stereocenters. The maximum Gasteiger partial charge on any atom is 0.233 e. The van der Waals surface area contributed by atoms with Gasteiger partial charge in [-0.1, -0.05) is 0 Å². The van der Waals surface area contributed by atoms with Gasteiger partial charge in [0, 0.05) is 37.6 Å². The molecule has 0 bridgehead atoms. The highest BCUT2D eigenvalue weighted by Gasteiger charge is 2.28. The molecule has 0 radical (unpaired) electrons. The number of nitrogens with one attached hydrogen (secondary N) is 1. The van der Waals surface area contributed by atoms with E-state index in [1.807, 2.05) is 0 Å². The van der Waals surface area contributed by atoms with E-state index in [0.717, 1.165) is 19.5 Å². The molecule has 17 heavy (non-hydrogen) atoms. The number of hydrogen-bond donors (Lipinski definition) is 2. The zero-order valence-corrected chi connectivity index (χ0v) is 11.4. The first kappa shape index (κ1) is 14.4. The Labute approximate surface area is 104 Å². The highest BCUT2D eigenvalue weighted by molar-refractivity contribution is 5.75. The molecular formula is C12H26N4O. The van der Waals surface area contributed by atoms with Crippen LogP contribution in [-0.2, 0) is 4.79 Å². The minimum absolute atomic E-state index is 0.0768. The van der Waals surface area contributed by atoms with E-state index in [0.29, 0.717) is 24.5 Å². The van der Waals surface area contributed by atoms with Gasteiger partial charge in [0.05, 0.1) is 0 Å². The molecule has 0 spiro atoms. The maximum absolute atomic E-state index is 11.1. The lowest BCUT2D eigenvalue weighted by Gasteiger charge is -2.44. The average Bonchev–Trinajstić information content (AvgIpc) is 2.31. The molecule has 1 rings (SSSR count). The smallest absolute Gasteiger partial charge is 0.233 e. The molecule has 0 aromatic rings. The summed E-state index contributed by atoms with van der Waals surface area (Å²) < 4.78 is 0. The Bertz CT molecular complexity index is 247. The molecule has 5 heteroatoms. The van der Waals surface area contributed by atoms with Crippen molar-refractivity contribution in [1.82, 2.24) is 15.2 Å². The van der Waals surface area contributed by atoms with Crippen molar-refractivity contribution in [2.45, 2.75) is 51.7 Å². The van der Waals surface area contributed by atoms with E-state index >= 15 is 0 Å². The van der Waals surface area contributed by atoms with Gasteiger partial charge in [0.15, 0.2) is 0 Å². The van der Waals surface area contributed by atoms with Crippen molar-refractivity contribution in [3.05, 3.63) is 0 Å². The van der Waals surface area contributed by atoms with Gasteiger partial charge in [0.1, 0.15) is 0 Å². The van der Waals surface area contributed by atoms with Crippen LogP contribution in [0.2, 0.25) is 0 Å². The standard InChI is InChI=1S/C12H26N4O/c1-9(5-6-12(17)14-13)16-7-10(2)15(4)11(3)8-16/h9-11H,5-8,13H2,1-4H3,(H,14,17). The molecule has 1 saturated heterocycles. The van der Waals surface area contributed by atoms with Crippen molar-refractivity contribution >= 4 is 5.91 Å². The third kappa shape index (κ3) is 3.94. The van der Waals surface area contributed by atoms with Crippen molar-refractivity contribution < 1.29 is 4.79 Å². The molecule has 1 aliphatic rings. The molecule has 3 unspecified atom stereocenters. The number of carbonyl (C=O) groups is 1. The molecule has 0 aromatic heterocycles. The second kappa shape index (κ2) is 6.33. The SMILES string of the molecule is CC(CCC(=O)NN)N1CC(C)N(C)C(C)C1. The van der Waals surface area contributed by atoms with Gasteiger partial charge in [0.2, 0.25) is 5.91 Å². The Morgan fingerprint density at radius 3 is 2.41 bits per heavy atom. The van der Waals surface area contributed by atoms with Gasteiger partial charge in [-0.25, -0.2) is 5.84 Å². The predicted molar refractivity (Wildman–Crippen MR) is 69.3 cm³/mol. The average molecular weight is 242 g/mol. The van der Waals surface area contributed by atoms with Gasteiger partial charge in [-0.2, -0.15) is 0 Å². The molecule has 5 nitrogen and oxygen atoms in total.